The highest BCUT2D eigenvalue weighted by atomic mass is 16.5. The Bertz CT molecular complexity index is 726. The summed E-state index contributed by atoms with van der Waals surface area (Å²) in [5, 5.41) is 12.3. The van der Waals surface area contributed by atoms with Crippen LogP contribution in [0.2, 0.25) is 0 Å². The van der Waals surface area contributed by atoms with E-state index in [1.165, 1.54) is 38.5 Å². The maximum absolute atomic E-state index is 12.3. The summed E-state index contributed by atoms with van der Waals surface area (Å²) >= 11 is 0. The van der Waals surface area contributed by atoms with Crippen LogP contribution in [-0.4, -0.2) is 35.5 Å². The van der Waals surface area contributed by atoms with Crippen LogP contribution in [0.3, 0.4) is 0 Å². The zero-order valence-corrected chi connectivity index (χ0v) is 16.5. The molecule has 27 heavy (non-hydrogen) atoms. The molecule has 4 saturated carbocycles. The average molecular weight is 373 g/mol. The summed E-state index contributed by atoms with van der Waals surface area (Å²) in [6.07, 6.45) is 13.3. The lowest BCUT2D eigenvalue weighted by Gasteiger charge is -2.64. The van der Waals surface area contributed by atoms with Crippen molar-refractivity contribution >= 4 is 5.97 Å². The Hall–Kier alpha value is -0.870. The van der Waals surface area contributed by atoms with Crippen LogP contribution in [0.5, 0.6) is 0 Å². The zero-order chi connectivity index (χ0) is 18.5. The first-order valence-electron chi connectivity index (χ1n) is 11.2. The molecular weight excluding hydrogens is 340 g/mol. The van der Waals surface area contributed by atoms with Gasteiger partial charge in [0.2, 0.25) is 0 Å². The minimum atomic E-state index is -0.772. The predicted octanol–water partition coefficient (Wildman–Crippen LogP) is 3.77. The summed E-state index contributed by atoms with van der Waals surface area (Å²) in [5.41, 5.74) is 0.0964. The molecule has 6 rings (SSSR count). The second kappa shape index (κ2) is 5.18. The quantitative estimate of drug-likeness (QED) is 0.712. The van der Waals surface area contributed by atoms with Gasteiger partial charge in [0.25, 0.3) is 0 Å². The molecule has 0 unspecified atom stereocenters. The average Bonchev–Trinajstić information content (AvgIpc) is 3.26. The SMILES string of the molecule is C[C@]12CC[C@@H]3[C@@]45CCCC[C@H]4CC[C@@]3(OC5)[C@@]1(O)CC[C@@H]2C1=CC(=O)OC1. The minimum Gasteiger partial charge on any atom is -0.458 e. The van der Waals surface area contributed by atoms with E-state index in [4.69, 9.17) is 9.47 Å². The van der Waals surface area contributed by atoms with Crippen molar-refractivity contribution in [3.8, 4) is 0 Å². The Labute approximate surface area is 161 Å². The van der Waals surface area contributed by atoms with Crippen LogP contribution in [0.25, 0.3) is 0 Å². The molecule has 0 amide bonds. The lowest BCUT2D eigenvalue weighted by atomic mass is 9.42. The fourth-order valence-corrected chi connectivity index (χ4v) is 9.07. The summed E-state index contributed by atoms with van der Waals surface area (Å²) in [4.78, 5) is 11.7. The van der Waals surface area contributed by atoms with E-state index in [0.29, 0.717) is 17.9 Å². The molecule has 0 aromatic heterocycles. The summed E-state index contributed by atoms with van der Waals surface area (Å²) in [7, 11) is 0. The third-order valence-electron chi connectivity index (χ3n) is 10.3. The molecule has 4 nitrogen and oxygen atoms in total. The Morgan fingerprint density at radius 3 is 2.78 bits per heavy atom. The van der Waals surface area contributed by atoms with E-state index in [1.54, 1.807) is 6.08 Å². The fraction of sp³-hybridized carbons (Fsp3) is 0.870. The van der Waals surface area contributed by atoms with Gasteiger partial charge in [0.05, 0.1) is 12.2 Å². The van der Waals surface area contributed by atoms with E-state index in [1.807, 2.05) is 0 Å². The Morgan fingerprint density at radius 2 is 1.96 bits per heavy atom. The molecule has 2 aliphatic heterocycles. The van der Waals surface area contributed by atoms with E-state index in [0.717, 1.165) is 43.8 Å². The smallest absolute Gasteiger partial charge is 0.331 e. The van der Waals surface area contributed by atoms with Gasteiger partial charge in [-0.15, -0.1) is 0 Å². The number of hydrogen-bond donors (Lipinski definition) is 1. The van der Waals surface area contributed by atoms with Gasteiger partial charge >= 0.3 is 5.97 Å². The largest absolute Gasteiger partial charge is 0.458 e. The molecule has 1 saturated heterocycles. The number of fused-ring (bicyclic) bond motifs is 1. The van der Waals surface area contributed by atoms with Crippen LogP contribution >= 0.6 is 0 Å². The van der Waals surface area contributed by atoms with Gasteiger partial charge in [-0.3, -0.25) is 0 Å². The first-order valence-corrected chi connectivity index (χ1v) is 11.2. The van der Waals surface area contributed by atoms with Crippen LogP contribution < -0.4 is 0 Å². The number of carbonyl (C=O) groups is 1. The van der Waals surface area contributed by atoms with E-state index < -0.39 is 5.60 Å². The fourth-order valence-electron chi connectivity index (χ4n) is 9.07. The molecular formula is C23H32O4. The monoisotopic (exact) mass is 372 g/mol. The Morgan fingerprint density at radius 1 is 1.07 bits per heavy atom. The molecule has 4 aliphatic carbocycles. The Kier molecular flexibility index (Phi) is 3.27. The maximum atomic E-state index is 12.3. The van der Waals surface area contributed by atoms with Crippen molar-refractivity contribution in [1.29, 1.82) is 0 Å². The normalized spacial score (nSPS) is 56.1. The van der Waals surface area contributed by atoms with Gasteiger partial charge in [0, 0.05) is 16.9 Å². The van der Waals surface area contributed by atoms with E-state index in [2.05, 4.69) is 6.92 Å². The third-order valence-corrected chi connectivity index (χ3v) is 10.3. The Balaban J connectivity index is 1.42. The number of aliphatic hydroxyl groups is 1. The molecule has 0 aromatic carbocycles. The van der Waals surface area contributed by atoms with E-state index >= 15 is 0 Å². The van der Waals surface area contributed by atoms with Gasteiger partial charge in [-0.05, 0) is 74.7 Å². The molecule has 5 fully saturated rings. The van der Waals surface area contributed by atoms with Gasteiger partial charge in [0.1, 0.15) is 12.2 Å². The zero-order valence-electron chi connectivity index (χ0n) is 16.5. The van der Waals surface area contributed by atoms with E-state index in [9.17, 15) is 9.90 Å². The van der Waals surface area contributed by atoms with Crippen molar-refractivity contribution in [3.05, 3.63) is 11.6 Å². The van der Waals surface area contributed by atoms with Crippen LogP contribution in [0.4, 0.5) is 0 Å². The molecule has 2 bridgehead atoms. The predicted molar refractivity (Wildman–Crippen MR) is 99.9 cm³/mol. The van der Waals surface area contributed by atoms with Crippen LogP contribution in [0.15, 0.2) is 11.6 Å². The van der Waals surface area contributed by atoms with Crippen molar-refractivity contribution in [2.75, 3.05) is 13.2 Å². The van der Waals surface area contributed by atoms with Crippen molar-refractivity contribution in [3.63, 3.8) is 0 Å². The van der Waals surface area contributed by atoms with Gasteiger partial charge in [-0.1, -0.05) is 19.8 Å². The van der Waals surface area contributed by atoms with Crippen LogP contribution in [0, 0.1) is 28.6 Å². The summed E-state index contributed by atoms with van der Waals surface area (Å²) in [5.74, 6) is 1.36. The van der Waals surface area contributed by atoms with Crippen molar-refractivity contribution in [2.45, 2.75) is 82.3 Å². The highest BCUT2D eigenvalue weighted by molar-refractivity contribution is 5.85. The summed E-state index contributed by atoms with van der Waals surface area (Å²) < 4.78 is 12.0. The van der Waals surface area contributed by atoms with Gasteiger partial charge < -0.3 is 14.6 Å². The molecule has 0 aromatic rings. The highest BCUT2D eigenvalue weighted by Crippen LogP contribution is 2.75. The van der Waals surface area contributed by atoms with Crippen molar-refractivity contribution in [1.82, 2.24) is 0 Å². The molecule has 1 spiro atoms. The molecule has 4 heteroatoms. The van der Waals surface area contributed by atoms with Gasteiger partial charge in [-0.2, -0.15) is 0 Å². The third kappa shape index (κ3) is 1.77. The van der Waals surface area contributed by atoms with Gasteiger partial charge in [-0.25, -0.2) is 4.79 Å². The number of cyclic esters (lactones) is 1. The standard InChI is InChI=1S/C23H32O4/c1-20-9-7-18-21-8-3-2-4-16(21)5-10-22(18,27-14-21)23(20,25)11-6-17(20)15-12-19(24)26-13-15/h12,16-18,25H,2-11,13-14H2,1H3/t16-,17+,18+,20+,21+,22-,23+/m0/s1. The molecule has 6 aliphatic rings. The van der Waals surface area contributed by atoms with Crippen molar-refractivity contribution < 1.29 is 19.4 Å². The van der Waals surface area contributed by atoms with Crippen molar-refractivity contribution in [2.24, 2.45) is 28.6 Å². The number of carbonyl (C=O) groups excluding carboxylic acids is 1. The lowest BCUT2D eigenvalue weighted by molar-refractivity contribution is -0.258. The molecule has 2 heterocycles. The molecule has 7 atom stereocenters. The van der Waals surface area contributed by atoms with Gasteiger partial charge in [0.15, 0.2) is 0 Å². The number of esters is 1. The minimum absolute atomic E-state index is 0.212. The second-order valence-corrected chi connectivity index (χ2v) is 10.7. The molecule has 148 valence electrons. The first-order chi connectivity index (χ1) is 13.0. The van der Waals surface area contributed by atoms with Crippen LogP contribution in [-0.2, 0) is 14.3 Å². The molecule has 1 N–H and O–H groups in total. The summed E-state index contributed by atoms with van der Waals surface area (Å²) in [6.45, 7) is 3.56. The number of hydrogen-bond acceptors (Lipinski definition) is 4. The first kappa shape index (κ1) is 17.0. The summed E-state index contributed by atoms with van der Waals surface area (Å²) in [6, 6.07) is 0. The molecule has 0 radical (unpaired) electrons. The lowest BCUT2D eigenvalue weighted by Crippen LogP contribution is -2.70. The number of ether oxygens (including phenoxy) is 2. The van der Waals surface area contributed by atoms with Crippen LogP contribution in [0.1, 0.15) is 71.1 Å². The second-order valence-electron chi connectivity index (χ2n) is 10.7. The van der Waals surface area contributed by atoms with E-state index in [-0.39, 0.29) is 22.9 Å². The highest BCUT2D eigenvalue weighted by Gasteiger charge is 2.78. The topological polar surface area (TPSA) is 55.8 Å². The maximum Gasteiger partial charge on any atom is 0.331 e. The number of rotatable bonds is 1.